The van der Waals surface area contributed by atoms with Crippen LogP contribution in [0.2, 0.25) is 0 Å². The predicted octanol–water partition coefficient (Wildman–Crippen LogP) is 5.28. The van der Waals surface area contributed by atoms with Crippen LogP contribution in [0, 0.1) is 13.8 Å². The van der Waals surface area contributed by atoms with Gasteiger partial charge in [0.1, 0.15) is 22.2 Å². The minimum Gasteiger partial charge on any atom is -0.478 e. The topological polar surface area (TPSA) is 147 Å². The van der Waals surface area contributed by atoms with Crippen LogP contribution >= 0.6 is 11.3 Å². The normalized spacial score (nSPS) is 16.6. The number of fused-ring (bicyclic) bond motifs is 1. The summed E-state index contributed by atoms with van der Waals surface area (Å²) in [4.78, 5) is 26.0. The summed E-state index contributed by atoms with van der Waals surface area (Å²) in [7, 11) is 0. The van der Waals surface area contributed by atoms with Gasteiger partial charge in [-0.25, -0.2) is 19.7 Å². The van der Waals surface area contributed by atoms with Gasteiger partial charge in [-0.1, -0.05) is 6.07 Å². The van der Waals surface area contributed by atoms with Crippen LogP contribution in [0.4, 0.5) is 11.6 Å². The molecule has 11 heteroatoms. The summed E-state index contributed by atoms with van der Waals surface area (Å²) >= 11 is 1.38. The van der Waals surface area contributed by atoms with Crippen molar-refractivity contribution in [2.45, 2.75) is 38.7 Å². The zero-order chi connectivity index (χ0) is 27.1. The molecule has 1 aliphatic rings. The SMILES string of the molecule is Cc1cc(Nc2cc(-c3nnc(C)o3)ccn2)nc(-c2cnc([C@]3(O)CCCc4cc(C(=O)O)ccc43)s2)c1. The monoisotopic (exact) mass is 540 g/mol. The molecule has 10 nitrogen and oxygen atoms in total. The van der Waals surface area contributed by atoms with E-state index in [9.17, 15) is 15.0 Å². The van der Waals surface area contributed by atoms with Crippen LogP contribution < -0.4 is 5.32 Å². The van der Waals surface area contributed by atoms with E-state index in [4.69, 9.17) is 9.40 Å². The molecule has 1 aliphatic carbocycles. The molecule has 196 valence electrons. The lowest BCUT2D eigenvalue weighted by Gasteiger charge is -2.33. The number of nitrogens with one attached hydrogen (secondary N) is 1. The number of aromatic carboxylic acids is 1. The van der Waals surface area contributed by atoms with Crippen molar-refractivity contribution in [2.24, 2.45) is 0 Å². The Bertz CT molecular complexity index is 1710. The summed E-state index contributed by atoms with van der Waals surface area (Å²) in [5.41, 5.74) is 2.93. The second kappa shape index (κ2) is 9.68. The van der Waals surface area contributed by atoms with Crippen LogP contribution in [0.25, 0.3) is 22.0 Å². The van der Waals surface area contributed by atoms with Gasteiger partial charge in [-0.3, -0.25) is 0 Å². The lowest BCUT2D eigenvalue weighted by atomic mass is 9.79. The summed E-state index contributed by atoms with van der Waals surface area (Å²) in [6, 6.07) is 12.4. The Morgan fingerprint density at radius 3 is 2.74 bits per heavy atom. The fourth-order valence-corrected chi connectivity index (χ4v) is 5.86. The molecule has 0 saturated heterocycles. The van der Waals surface area contributed by atoms with E-state index >= 15 is 0 Å². The Morgan fingerprint density at radius 2 is 1.95 bits per heavy atom. The highest BCUT2D eigenvalue weighted by atomic mass is 32.1. The van der Waals surface area contributed by atoms with Crippen molar-refractivity contribution in [3.05, 3.63) is 88.0 Å². The molecule has 6 rings (SSSR count). The van der Waals surface area contributed by atoms with Gasteiger partial charge in [0.05, 0.1) is 16.1 Å². The van der Waals surface area contributed by atoms with Gasteiger partial charge in [0.2, 0.25) is 11.8 Å². The van der Waals surface area contributed by atoms with Gasteiger partial charge in [-0.15, -0.1) is 21.5 Å². The number of benzene rings is 1. The molecule has 3 N–H and O–H groups in total. The first-order chi connectivity index (χ1) is 18.8. The maximum atomic E-state index is 11.8. The number of carboxylic acid groups (broad SMARTS) is 1. The largest absolute Gasteiger partial charge is 0.478 e. The lowest BCUT2D eigenvalue weighted by Crippen LogP contribution is -2.32. The number of aromatic nitrogens is 5. The van der Waals surface area contributed by atoms with Gasteiger partial charge in [0.25, 0.3) is 0 Å². The van der Waals surface area contributed by atoms with Crippen LogP contribution in [0.3, 0.4) is 0 Å². The summed E-state index contributed by atoms with van der Waals surface area (Å²) in [6.07, 6.45) is 5.33. The van der Waals surface area contributed by atoms with E-state index in [-0.39, 0.29) is 5.56 Å². The number of hydrogen-bond acceptors (Lipinski definition) is 10. The smallest absolute Gasteiger partial charge is 0.335 e. The Balaban J connectivity index is 1.29. The quantitative estimate of drug-likeness (QED) is 0.260. The molecular formula is C28H24N6O4S. The summed E-state index contributed by atoms with van der Waals surface area (Å²) in [6.45, 7) is 3.72. The van der Waals surface area contributed by atoms with Crippen molar-refractivity contribution < 1.29 is 19.4 Å². The maximum Gasteiger partial charge on any atom is 0.335 e. The molecule has 0 spiro atoms. The van der Waals surface area contributed by atoms with Crippen molar-refractivity contribution in [1.82, 2.24) is 25.1 Å². The standard InChI is InChI=1S/C28H24N6O4S/c1-15-10-21(31-24(11-15)32-23-13-18(7-9-29-23)25-34-33-16(2)38-25)22-14-30-27(39-22)28(37)8-3-4-17-12-19(26(35)36)5-6-20(17)28/h5-7,9-14,37H,3-4,8H2,1-2H3,(H,35,36)(H,29,31,32)/t28-/m0/s1. The first-order valence-electron chi connectivity index (χ1n) is 12.4. The van der Waals surface area contributed by atoms with Crippen LogP contribution in [0.15, 0.2) is 59.3 Å². The number of pyridine rings is 2. The summed E-state index contributed by atoms with van der Waals surface area (Å²) in [5, 5.41) is 32.9. The van der Waals surface area contributed by atoms with Crippen LogP contribution in [-0.4, -0.2) is 41.3 Å². The van der Waals surface area contributed by atoms with Crippen molar-refractivity contribution in [3.63, 3.8) is 0 Å². The summed E-state index contributed by atoms with van der Waals surface area (Å²) in [5.74, 6) is 1.09. The Labute approximate surface area is 227 Å². The minimum atomic E-state index is -1.28. The fraction of sp³-hybridized carbons (Fsp3) is 0.214. The number of aryl methyl sites for hydroxylation is 3. The Hall–Kier alpha value is -4.48. The molecule has 0 fully saturated rings. The van der Waals surface area contributed by atoms with Crippen LogP contribution in [-0.2, 0) is 12.0 Å². The molecule has 0 amide bonds. The van der Waals surface area contributed by atoms with E-state index in [2.05, 4.69) is 25.5 Å². The number of anilines is 2. The number of rotatable bonds is 6. The third-order valence-corrected chi connectivity index (χ3v) is 7.82. The number of nitrogens with zero attached hydrogens (tertiary/aromatic N) is 5. The molecule has 4 heterocycles. The van der Waals surface area contributed by atoms with Gasteiger partial charge in [-0.2, -0.15) is 0 Å². The molecule has 5 aromatic rings. The van der Waals surface area contributed by atoms with E-state index in [1.807, 2.05) is 25.1 Å². The average Bonchev–Trinajstić information content (AvgIpc) is 3.59. The van der Waals surface area contributed by atoms with Crippen LogP contribution in [0.1, 0.15) is 50.8 Å². The number of thiazole rings is 1. The second-order valence-corrected chi connectivity index (χ2v) is 10.5. The molecule has 39 heavy (non-hydrogen) atoms. The molecule has 4 aromatic heterocycles. The Kier molecular flexibility index (Phi) is 6.16. The molecule has 1 atom stereocenters. The van der Waals surface area contributed by atoms with Crippen molar-refractivity contribution >= 4 is 28.9 Å². The average molecular weight is 541 g/mol. The molecule has 0 saturated carbocycles. The van der Waals surface area contributed by atoms with Gasteiger partial charge >= 0.3 is 5.97 Å². The molecule has 0 bridgehead atoms. The number of hydrogen-bond donors (Lipinski definition) is 3. The fourth-order valence-electron chi connectivity index (χ4n) is 4.85. The van der Waals surface area contributed by atoms with Crippen molar-refractivity contribution in [3.8, 4) is 22.0 Å². The maximum absolute atomic E-state index is 11.8. The Morgan fingerprint density at radius 1 is 1.08 bits per heavy atom. The van der Waals surface area contributed by atoms with E-state index in [1.165, 1.54) is 17.4 Å². The lowest BCUT2D eigenvalue weighted by molar-refractivity contribution is 0.0607. The zero-order valence-corrected chi connectivity index (χ0v) is 22.0. The molecule has 0 aliphatic heterocycles. The number of aliphatic hydroxyl groups is 1. The van der Waals surface area contributed by atoms with E-state index < -0.39 is 11.6 Å². The third kappa shape index (κ3) is 4.77. The zero-order valence-electron chi connectivity index (χ0n) is 21.2. The van der Waals surface area contributed by atoms with Crippen molar-refractivity contribution in [1.29, 1.82) is 0 Å². The number of carbonyl (C=O) groups is 1. The third-order valence-electron chi connectivity index (χ3n) is 6.65. The highest BCUT2D eigenvalue weighted by Gasteiger charge is 2.39. The van der Waals surface area contributed by atoms with Gasteiger partial charge < -0.3 is 19.9 Å². The molecule has 0 unspecified atom stereocenters. The van der Waals surface area contributed by atoms with E-state index in [0.717, 1.165) is 28.0 Å². The summed E-state index contributed by atoms with van der Waals surface area (Å²) < 4.78 is 5.52. The molecular weight excluding hydrogens is 516 g/mol. The van der Waals surface area contributed by atoms with Gasteiger partial charge in [0, 0.05) is 24.9 Å². The van der Waals surface area contributed by atoms with Gasteiger partial charge in [0.15, 0.2) is 0 Å². The van der Waals surface area contributed by atoms with E-state index in [1.54, 1.807) is 37.5 Å². The minimum absolute atomic E-state index is 0.217. The van der Waals surface area contributed by atoms with Crippen molar-refractivity contribution in [2.75, 3.05) is 5.32 Å². The molecule has 0 radical (unpaired) electrons. The predicted molar refractivity (Wildman–Crippen MR) is 145 cm³/mol. The number of carboxylic acids is 1. The second-order valence-electron chi connectivity index (χ2n) is 9.52. The van der Waals surface area contributed by atoms with Crippen LogP contribution in [0.5, 0.6) is 0 Å². The van der Waals surface area contributed by atoms with Gasteiger partial charge in [-0.05, 0) is 79.3 Å². The molecule has 1 aromatic carbocycles. The highest BCUT2D eigenvalue weighted by molar-refractivity contribution is 7.15. The highest BCUT2D eigenvalue weighted by Crippen LogP contribution is 2.43. The van der Waals surface area contributed by atoms with E-state index in [0.29, 0.717) is 52.5 Å². The first-order valence-corrected chi connectivity index (χ1v) is 13.2. The first kappa shape index (κ1) is 24.8.